The van der Waals surface area contributed by atoms with Crippen LogP contribution in [0, 0.1) is 0 Å². The van der Waals surface area contributed by atoms with E-state index in [1.165, 1.54) is 14.2 Å². The average molecular weight is 316 g/mol. The van der Waals surface area contributed by atoms with E-state index in [0.29, 0.717) is 29.9 Å². The van der Waals surface area contributed by atoms with Gasteiger partial charge in [0.25, 0.3) is 10.2 Å². The summed E-state index contributed by atoms with van der Waals surface area (Å²) >= 11 is 0. The molecule has 0 bridgehead atoms. The van der Waals surface area contributed by atoms with Gasteiger partial charge in [0, 0.05) is 13.6 Å². The van der Waals surface area contributed by atoms with E-state index in [9.17, 15) is 13.5 Å². The summed E-state index contributed by atoms with van der Waals surface area (Å²) in [5, 5.41) is 10.7. The molecular formula is C13H20N2O5S. The van der Waals surface area contributed by atoms with Crippen molar-refractivity contribution in [2.45, 2.75) is 18.4 Å². The van der Waals surface area contributed by atoms with Crippen molar-refractivity contribution in [1.82, 2.24) is 9.44 Å². The van der Waals surface area contributed by atoms with Crippen LogP contribution >= 0.6 is 0 Å². The maximum absolute atomic E-state index is 11.5. The number of aryl methyl sites for hydroxylation is 1. The van der Waals surface area contributed by atoms with Gasteiger partial charge in [-0.3, -0.25) is 0 Å². The van der Waals surface area contributed by atoms with Crippen LogP contribution in [0.4, 0.5) is 0 Å². The molecule has 0 aromatic heterocycles. The van der Waals surface area contributed by atoms with Gasteiger partial charge in [0.05, 0.1) is 14.2 Å². The summed E-state index contributed by atoms with van der Waals surface area (Å²) in [6.07, 6.45) is 1.08. The van der Waals surface area contributed by atoms with Crippen molar-refractivity contribution in [3.63, 3.8) is 0 Å². The van der Waals surface area contributed by atoms with Crippen molar-refractivity contribution in [3.8, 4) is 11.5 Å². The molecule has 1 aliphatic carbocycles. The van der Waals surface area contributed by atoms with Crippen LogP contribution in [0.2, 0.25) is 0 Å². The molecule has 0 spiro atoms. The monoisotopic (exact) mass is 316 g/mol. The van der Waals surface area contributed by atoms with Crippen LogP contribution in [0.3, 0.4) is 0 Å². The smallest absolute Gasteiger partial charge is 0.276 e. The Morgan fingerprint density at radius 1 is 1.29 bits per heavy atom. The fraction of sp³-hybridized carbons (Fsp3) is 0.538. The number of hydrogen-bond acceptors (Lipinski definition) is 5. The van der Waals surface area contributed by atoms with Crippen LogP contribution in [0.25, 0.3) is 0 Å². The summed E-state index contributed by atoms with van der Waals surface area (Å²) in [5.74, 6) is 1.10. The Balaban J connectivity index is 2.32. The maximum Gasteiger partial charge on any atom is 0.276 e. The lowest BCUT2D eigenvalue weighted by Crippen LogP contribution is -2.43. The van der Waals surface area contributed by atoms with E-state index in [2.05, 4.69) is 9.44 Å². The van der Waals surface area contributed by atoms with Crippen molar-refractivity contribution < 1.29 is 23.0 Å². The topological polar surface area (TPSA) is 96.9 Å². The molecule has 118 valence electrons. The summed E-state index contributed by atoms with van der Waals surface area (Å²) in [6.45, 7) is -0.0986. The summed E-state index contributed by atoms with van der Waals surface area (Å²) < 4.78 is 37.9. The standard InChI is InChI=1S/C13H20N2O5S/c1-14-21(17,18)15-8-13(16)5-4-9-6-11(19-2)12(20-3)7-10(9)13/h6-7,14-16H,4-5,8H2,1-3H3. The molecule has 1 atom stereocenters. The second-order valence-electron chi connectivity index (χ2n) is 4.92. The normalized spacial score (nSPS) is 21.1. The Hall–Kier alpha value is -1.35. The average Bonchev–Trinajstić information content (AvgIpc) is 2.81. The molecule has 0 aliphatic heterocycles. The van der Waals surface area contributed by atoms with E-state index >= 15 is 0 Å². The molecule has 3 N–H and O–H groups in total. The molecule has 1 aromatic carbocycles. The summed E-state index contributed by atoms with van der Waals surface area (Å²) in [5.41, 5.74) is 0.344. The first-order valence-corrected chi connectivity index (χ1v) is 7.99. The fourth-order valence-electron chi connectivity index (χ4n) is 2.51. The molecule has 0 saturated heterocycles. The van der Waals surface area contributed by atoms with Crippen molar-refractivity contribution in [2.24, 2.45) is 0 Å². The molecular weight excluding hydrogens is 296 g/mol. The van der Waals surface area contributed by atoms with E-state index < -0.39 is 15.8 Å². The summed E-state index contributed by atoms with van der Waals surface area (Å²) in [7, 11) is 0.780. The highest BCUT2D eigenvalue weighted by atomic mass is 32.2. The molecule has 8 heteroatoms. The zero-order valence-corrected chi connectivity index (χ0v) is 13.1. The van der Waals surface area contributed by atoms with Gasteiger partial charge >= 0.3 is 0 Å². The van der Waals surface area contributed by atoms with Gasteiger partial charge in [-0.1, -0.05) is 0 Å². The van der Waals surface area contributed by atoms with Crippen LogP contribution in [-0.2, 0) is 22.2 Å². The third kappa shape index (κ3) is 3.13. The highest BCUT2D eigenvalue weighted by Crippen LogP contribution is 2.42. The molecule has 0 amide bonds. The van der Waals surface area contributed by atoms with Crippen LogP contribution in [0.5, 0.6) is 11.5 Å². The van der Waals surface area contributed by atoms with Gasteiger partial charge in [0.1, 0.15) is 5.60 Å². The third-order valence-electron chi connectivity index (χ3n) is 3.74. The van der Waals surface area contributed by atoms with E-state index in [4.69, 9.17) is 9.47 Å². The number of rotatable bonds is 6. The second kappa shape index (κ2) is 5.80. The van der Waals surface area contributed by atoms with Gasteiger partial charge in [-0.25, -0.2) is 4.72 Å². The number of aliphatic hydroxyl groups is 1. The Morgan fingerprint density at radius 2 is 1.90 bits per heavy atom. The van der Waals surface area contributed by atoms with Gasteiger partial charge in [-0.05, 0) is 36.1 Å². The Bertz CT molecular complexity index is 632. The first-order chi connectivity index (χ1) is 9.85. The molecule has 1 aromatic rings. The summed E-state index contributed by atoms with van der Waals surface area (Å²) in [6, 6.07) is 3.52. The van der Waals surface area contributed by atoms with Crippen LogP contribution < -0.4 is 18.9 Å². The highest BCUT2D eigenvalue weighted by molar-refractivity contribution is 7.87. The van der Waals surface area contributed by atoms with E-state index in [0.717, 1.165) is 5.56 Å². The lowest BCUT2D eigenvalue weighted by atomic mass is 9.96. The lowest BCUT2D eigenvalue weighted by molar-refractivity contribution is 0.0439. The van der Waals surface area contributed by atoms with Crippen LogP contribution in [-0.4, -0.2) is 41.3 Å². The molecule has 7 nitrogen and oxygen atoms in total. The second-order valence-corrected chi connectivity index (χ2v) is 6.63. The van der Waals surface area contributed by atoms with Gasteiger partial charge in [0.15, 0.2) is 11.5 Å². The largest absolute Gasteiger partial charge is 0.493 e. The van der Waals surface area contributed by atoms with Crippen LogP contribution in [0.1, 0.15) is 17.5 Å². The Labute approximate surface area is 124 Å². The molecule has 1 unspecified atom stereocenters. The summed E-state index contributed by atoms with van der Waals surface area (Å²) in [4.78, 5) is 0. The Morgan fingerprint density at radius 3 is 2.48 bits per heavy atom. The molecule has 0 heterocycles. The molecule has 21 heavy (non-hydrogen) atoms. The molecule has 1 aliphatic rings. The molecule has 2 rings (SSSR count). The molecule has 0 saturated carbocycles. The number of benzene rings is 1. The number of ether oxygens (including phenoxy) is 2. The van der Waals surface area contributed by atoms with Crippen molar-refractivity contribution in [1.29, 1.82) is 0 Å². The number of nitrogens with one attached hydrogen (secondary N) is 2. The zero-order chi connectivity index (χ0) is 15.7. The predicted octanol–water partition coefficient (Wildman–Crippen LogP) is -0.109. The minimum Gasteiger partial charge on any atom is -0.493 e. The zero-order valence-electron chi connectivity index (χ0n) is 12.3. The quantitative estimate of drug-likeness (QED) is 0.680. The van der Waals surface area contributed by atoms with Gasteiger partial charge in [0.2, 0.25) is 0 Å². The van der Waals surface area contributed by atoms with Gasteiger partial charge in [-0.15, -0.1) is 0 Å². The first kappa shape index (κ1) is 16.0. The minimum absolute atomic E-state index is 0.0986. The van der Waals surface area contributed by atoms with Gasteiger partial charge < -0.3 is 14.6 Å². The van der Waals surface area contributed by atoms with Crippen LogP contribution in [0.15, 0.2) is 12.1 Å². The maximum atomic E-state index is 11.5. The van der Waals surface area contributed by atoms with Crippen molar-refractivity contribution in [2.75, 3.05) is 27.8 Å². The third-order valence-corrected chi connectivity index (χ3v) is 4.80. The molecule has 0 fully saturated rings. The van der Waals surface area contributed by atoms with Gasteiger partial charge in [-0.2, -0.15) is 13.1 Å². The van der Waals surface area contributed by atoms with Crippen molar-refractivity contribution >= 4 is 10.2 Å². The van der Waals surface area contributed by atoms with E-state index in [-0.39, 0.29) is 6.54 Å². The Kier molecular flexibility index (Phi) is 4.43. The molecule has 0 radical (unpaired) electrons. The van der Waals surface area contributed by atoms with E-state index in [1.54, 1.807) is 13.2 Å². The fourth-order valence-corrected chi connectivity index (χ4v) is 3.08. The van der Waals surface area contributed by atoms with Crippen molar-refractivity contribution in [3.05, 3.63) is 23.3 Å². The number of fused-ring (bicyclic) bond motifs is 1. The first-order valence-electron chi connectivity index (χ1n) is 6.51. The lowest BCUT2D eigenvalue weighted by Gasteiger charge is -2.25. The number of hydrogen-bond donors (Lipinski definition) is 3. The minimum atomic E-state index is -3.59. The highest BCUT2D eigenvalue weighted by Gasteiger charge is 2.38. The predicted molar refractivity (Wildman–Crippen MR) is 77.7 cm³/mol. The SMILES string of the molecule is CNS(=O)(=O)NCC1(O)CCc2cc(OC)c(OC)cc21. The number of methoxy groups -OCH3 is 2. The van der Waals surface area contributed by atoms with E-state index in [1.807, 2.05) is 6.07 Å².